The number of hydrogen-bond acceptors (Lipinski definition) is 6. The zero-order valence-electron chi connectivity index (χ0n) is 15.2. The fraction of sp³-hybridized carbons (Fsp3) is 0.200. The second-order valence-corrected chi connectivity index (χ2v) is 7.12. The lowest BCUT2D eigenvalue weighted by molar-refractivity contribution is 0.0952. The van der Waals surface area contributed by atoms with Crippen molar-refractivity contribution >= 4 is 28.2 Å². The molecule has 2 aromatic heterocycles. The van der Waals surface area contributed by atoms with Crippen LogP contribution < -0.4 is 10.6 Å². The molecule has 0 unspecified atom stereocenters. The number of anilines is 1. The molecule has 0 saturated heterocycles. The van der Waals surface area contributed by atoms with Gasteiger partial charge in [-0.15, -0.1) is 0 Å². The van der Waals surface area contributed by atoms with Crippen LogP contribution in [-0.2, 0) is 0 Å². The number of pyridine rings is 1. The van der Waals surface area contributed by atoms with E-state index < -0.39 is 0 Å². The second kappa shape index (κ2) is 9.18. The molecule has 0 spiro atoms. The van der Waals surface area contributed by atoms with Gasteiger partial charge in [0.25, 0.3) is 5.91 Å². The molecule has 28 heavy (non-hydrogen) atoms. The van der Waals surface area contributed by atoms with E-state index in [0.717, 1.165) is 5.56 Å². The molecular formula is C20H19FN4O2S. The minimum atomic E-state index is -0.374. The number of halogens is 1. The van der Waals surface area contributed by atoms with Crippen molar-refractivity contribution in [1.29, 1.82) is 0 Å². The van der Waals surface area contributed by atoms with Crippen LogP contribution in [0.1, 0.15) is 37.6 Å². The lowest BCUT2D eigenvalue weighted by Crippen LogP contribution is -2.25. The molecule has 144 valence electrons. The predicted octanol–water partition coefficient (Wildman–Crippen LogP) is 3.45. The van der Waals surface area contributed by atoms with Gasteiger partial charge in [-0.2, -0.15) is 0 Å². The topological polar surface area (TPSA) is 84.0 Å². The van der Waals surface area contributed by atoms with Gasteiger partial charge >= 0.3 is 0 Å². The van der Waals surface area contributed by atoms with E-state index in [2.05, 4.69) is 20.6 Å². The smallest absolute Gasteiger partial charge is 0.251 e. The number of aryl methyl sites for hydroxylation is 1. The van der Waals surface area contributed by atoms with Gasteiger partial charge in [-0.3, -0.25) is 14.6 Å². The normalized spacial score (nSPS) is 10.5. The lowest BCUT2D eigenvalue weighted by Gasteiger charge is -2.06. The van der Waals surface area contributed by atoms with E-state index in [0.29, 0.717) is 40.6 Å². The molecule has 3 rings (SSSR count). The molecule has 3 aromatic rings. The van der Waals surface area contributed by atoms with Crippen LogP contribution in [0.3, 0.4) is 0 Å². The molecule has 0 aliphatic heterocycles. The molecule has 0 saturated carbocycles. The van der Waals surface area contributed by atoms with Crippen molar-refractivity contribution < 1.29 is 14.0 Å². The Morgan fingerprint density at radius 2 is 1.89 bits per heavy atom. The first kappa shape index (κ1) is 19.6. The van der Waals surface area contributed by atoms with E-state index in [1.807, 2.05) is 6.92 Å². The fourth-order valence-electron chi connectivity index (χ4n) is 2.48. The molecule has 6 nitrogen and oxygen atoms in total. The molecule has 2 heterocycles. The van der Waals surface area contributed by atoms with Gasteiger partial charge in [-0.1, -0.05) is 11.3 Å². The molecule has 0 fully saturated rings. The van der Waals surface area contributed by atoms with E-state index in [-0.39, 0.29) is 17.5 Å². The van der Waals surface area contributed by atoms with Crippen LogP contribution in [0.25, 0.3) is 0 Å². The maximum absolute atomic E-state index is 12.9. The average Bonchev–Trinajstić information content (AvgIpc) is 3.17. The highest BCUT2D eigenvalue weighted by Gasteiger charge is 2.15. The van der Waals surface area contributed by atoms with Crippen LogP contribution in [-0.4, -0.2) is 34.7 Å². The van der Waals surface area contributed by atoms with Gasteiger partial charge in [0.2, 0.25) is 5.78 Å². The summed E-state index contributed by atoms with van der Waals surface area (Å²) in [5.74, 6) is -0.711. The Morgan fingerprint density at radius 1 is 1.11 bits per heavy atom. The Hall–Kier alpha value is -3.13. The first-order chi connectivity index (χ1) is 13.5. The van der Waals surface area contributed by atoms with Gasteiger partial charge in [0, 0.05) is 36.6 Å². The molecule has 1 aromatic carbocycles. The van der Waals surface area contributed by atoms with E-state index >= 15 is 0 Å². The van der Waals surface area contributed by atoms with E-state index in [1.165, 1.54) is 35.6 Å². The number of nitrogens with zero attached hydrogens (tertiary/aromatic N) is 2. The molecule has 1 amide bonds. The van der Waals surface area contributed by atoms with Gasteiger partial charge < -0.3 is 10.6 Å². The Bertz CT molecular complexity index is 972. The summed E-state index contributed by atoms with van der Waals surface area (Å²) >= 11 is 1.28. The Morgan fingerprint density at radius 3 is 2.64 bits per heavy atom. The molecule has 0 atom stereocenters. The standard InChI is InChI=1S/C20H19FN4O2S/c1-13-7-10-22-11-16(13)18(26)17-12-25-20(28-17)24-9-2-8-23-19(27)14-3-5-15(21)6-4-14/h3-7,10-12H,2,8-9H2,1H3,(H,23,27)(H,24,25). The van der Waals surface area contributed by atoms with Gasteiger partial charge in [-0.25, -0.2) is 9.37 Å². The van der Waals surface area contributed by atoms with Crippen LogP contribution in [0.15, 0.2) is 48.9 Å². The maximum Gasteiger partial charge on any atom is 0.251 e. The summed E-state index contributed by atoms with van der Waals surface area (Å²) in [7, 11) is 0. The molecule has 0 radical (unpaired) electrons. The Balaban J connectivity index is 1.43. The SMILES string of the molecule is Cc1ccncc1C(=O)c1cnc(NCCCNC(=O)c2ccc(F)cc2)s1. The summed E-state index contributed by atoms with van der Waals surface area (Å²) in [5, 5.41) is 6.57. The zero-order chi connectivity index (χ0) is 19.9. The third-order valence-electron chi connectivity index (χ3n) is 4.03. The largest absolute Gasteiger partial charge is 0.361 e. The van der Waals surface area contributed by atoms with Gasteiger partial charge in [0.05, 0.1) is 11.1 Å². The zero-order valence-corrected chi connectivity index (χ0v) is 16.1. The Kier molecular flexibility index (Phi) is 6.44. The van der Waals surface area contributed by atoms with Crippen molar-refractivity contribution in [3.63, 3.8) is 0 Å². The highest BCUT2D eigenvalue weighted by molar-refractivity contribution is 7.17. The van der Waals surface area contributed by atoms with Gasteiger partial charge in [0.15, 0.2) is 5.13 Å². The van der Waals surface area contributed by atoms with Crippen molar-refractivity contribution in [2.24, 2.45) is 0 Å². The van der Waals surface area contributed by atoms with Crippen molar-refractivity contribution in [3.05, 3.63) is 76.3 Å². The van der Waals surface area contributed by atoms with Crippen LogP contribution in [0.5, 0.6) is 0 Å². The molecular weight excluding hydrogens is 379 g/mol. The highest BCUT2D eigenvalue weighted by atomic mass is 32.1. The summed E-state index contributed by atoms with van der Waals surface area (Å²) in [5.41, 5.74) is 1.86. The summed E-state index contributed by atoms with van der Waals surface area (Å²) in [6, 6.07) is 7.20. The second-order valence-electron chi connectivity index (χ2n) is 6.09. The number of carbonyl (C=O) groups excluding carboxylic acids is 2. The van der Waals surface area contributed by atoms with E-state index in [4.69, 9.17) is 0 Å². The fourth-order valence-corrected chi connectivity index (χ4v) is 3.28. The summed E-state index contributed by atoms with van der Waals surface area (Å²) < 4.78 is 12.9. The summed E-state index contributed by atoms with van der Waals surface area (Å²) in [4.78, 5) is 33.2. The minimum Gasteiger partial charge on any atom is -0.361 e. The molecule has 0 bridgehead atoms. The number of ketones is 1. The Labute approximate surface area is 165 Å². The van der Waals surface area contributed by atoms with E-state index in [9.17, 15) is 14.0 Å². The van der Waals surface area contributed by atoms with Crippen molar-refractivity contribution in [1.82, 2.24) is 15.3 Å². The molecule has 0 aliphatic rings. The van der Waals surface area contributed by atoms with Crippen molar-refractivity contribution in [3.8, 4) is 0 Å². The number of aromatic nitrogens is 2. The number of rotatable bonds is 8. The average molecular weight is 398 g/mol. The maximum atomic E-state index is 12.9. The van der Waals surface area contributed by atoms with Gasteiger partial charge in [0.1, 0.15) is 5.82 Å². The summed E-state index contributed by atoms with van der Waals surface area (Å²) in [6.45, 7) is 2.93. The molecule has 8 heteroatoms. The van der Waals surface area contributed by atoms with E-state index in [1.54, 1.807) is 24.7 Å². The lowest BCUT2D eigenvalue weighted by atomic mass is 10.1. The number of nitrogens with one attached hydrogen (secondary N) is 2. The predicted molar refractivity (Wildman–Crippen MR) is 106 cm³/mol. The van der Waals surface area contributed by atoms with Crippen LogP contribution >= 0.6 is 11.3 Å². The molecule has 2 N–H and O–H groups in total. The van der Waals surface area contributed by atoms with Crippen LogP contribution in [0.2, 0.25) is 0 Å². The van der Waals surface area contributed by atoms with Crippen molar-refractivity contribution in [2.45, 2.75) is 13.3 Å². The minimum absolute atomic E-state index is 0.0947. The van der Waals surface area contributed by atoms with Crippen LogP contribution in [0, 0.1) is 12.7 Å². The number of amides is 1. The first-order valence-electron chi connectivity index (χ1n) is 8.73. The third kappa shape index (κ3) is 4.98. The van der Waals surface area contributed by atoms with Crippen LogP contribution in [0.4, 0.5) is 9.52 Å². The quantitative estimate of drug-likeness (QED) is 0.449. The summed E-state index contributed by atoms with van der Waals surface area (Å²) in [6.07, 6.45) is 5.45. The number of benzene rings is 1. The third-order valence-corrected chi connectivity index (χ3v) is 4.99. The monoisotopic (exact) mass is 398 g/mol. The number of carbonyl (C=O) groups is 2. The molecule has 0 aliphatic carbocycles. The number of thiazole rings is 1. The first-order valence-corrected chi connectivity index (χ1v) is 9.55. The van der Waals surface area contributed by atoms with Gasteiger partial charge in [-0.05, 0) is 49.2 Å². The van der Waals surface area contributed by atoms with Crippen molar-refractivity contribution in [2.75, 3.05) is 18.4 Å². The highest BCUT2D eigenvalue weighted by Crippen LogP contribution is 2.22. The number of hydrogen-bond donors (Lipinski definition) is 2.